The summed E-state index contributed by atoms with van der Waals surface area (Å²) in [6, 6.07) is 8.35. The quantitative estimate of drug-likeness (QED) is 0.473. The van der Waals surface area contributed by atoms with Crippen LogP contribution in [0.2, 0.25) is 5.02 Å². The van der Waals surface area contributed by atoms with Crippen LogP contribution in [0.5, 0.6) is 0 Å². The SMILES string of the molecule is Cc1cc(C(=O)Nc2nnc(SCC(=O)Nc3ccc(Cl)cc3)s2)no1. The number of carbonyl (C=O) groups excluding carboxylic acids is 2. The second kappa shape index (κ2) is 8.30. The van der Waals surface area contributed by atoms with Gasteiger partial charge >= 0.3 is 0 Å². The third-order valence-electron chi connectivity index (χ3n) is 2.94. The van der Waals surface area contributed by atoms with Crippen molar-refractivity contribution in [2.75, 3.05) is 16.4 Å². The molecule has 26 heavy (non-hydrogen) atoms. The number of rotatable bonds is 6. The van der Waals surface area contributed by atoms with Crippen molar-refractivity contribution < 1.29 is 14.1 Å². The fourth-order valence-corrected chi connectivity index (χ4v) is 3.48. The number of aromatic nitrogens is 3. The summed E-state index contributed by atoms with van der Waals surface area (Å²) in [5, 5.41) is 17.7. The first kappa shape index (κ1) is 18.4. The summed E-state index contributed by atoms with van der Waals surface area (Å²) >= 11 is 8.18. The van der Waals surface area contributed by atoms with Crippen molar-refractivity contribution in [2.45, 2.75) is 11.3 Å². The summed E-state index contributed by atoms with van der Waals surface area (Å²) in [6.07, 6.45) is 0. The van der Waals surface area contributed by atoms with Gasteiger partial charge in [-0.3, -0.25) is 14.9 Å². The molecule has 0 fully saturated rings. The molecule has 0 spiro atoms. The van der Waals surface area contributed by atoms with Crippen LogP contribution in [0, 0.1) is 6.92 Å². The van der Waals surface area contributed by atoms with Crippen molar-refractivity contribution in [3.8, 4) is 0 Å². The molecule has 134 valence electrons. The van der Waals surface area contributed by atoms with E-state index in [2.05, 4.69) is 26.0 Å². The van der Waals surface area contributed by atoms with Crippen LogP contribution < -0.4 is 10.6 Å². The minimum absolute atomic E-state index is 0.160. The van der Waals surface area contributed by atoms with Crippen molar-refractivity contribution in [1.29, 1.82) is 0 Å². The van der Waals surface area contributed by atoms with Crippen molar-refractivity contribution in [3.05, 3.63) is 46.8 Å². The highest BCUT2D eigenvalue weighted by Crippen LogP contribution is 2.26. The average molecular weight is 410 g/mol. The Bertz CT molecular complexity index is 926. The molecule has 8 nitrogen and oxygen atoms in total. The number of hydrogen-bond donors (Lipinski definition) is 2. The molecule has 0 aliphatic carbocycles. The summed E-state index contributed by atoms with van der Waals surface area (Å²) in [7, 11) is 0. The van der Waals surface area contributed by atoms with Gasteiger partial charge in [0.2, 0.25) is 11.0 Å². The molecule has 2 heterocycles. The Morgan fingerprint density at radius 1 is 1.23 bits per heavy atom. The molecule has 0 aliphatic rings. The van der Waals surface area contributed by atoms with Gasteiger partial charge in [0.05, 0.1) is 5.75 Å². The number of thioether (sulfide) groups is 1. The minimum Gasteiger partial charge on any atom is -0.361 e. The first-order valence-electron chi connectivity index (χ1n) is 7.26. The molecule has 0 saturated heterocycles. The maximum atomic E-state index is 12.0. The lowest BCUT2D eigenvalue weighted by Gasteiger charge is -2.03. The Morgan fingerprint density at radius 3 is 2.69 bits per heavy atom. The molecule has 2 aromatic heterocycles. The zero-order valence-electron chi connectivity index (χ0n) is 13.4. The number of nitrogens with zero attached hydrogens (tertiary/aromatic N) is 3. The van der Waals surface area contributed by atoms with Gasteiger partial charge in [0, 0.05) is 16.8 Å². The van der Waals surface area contributed by atoms with Crippen molar-refractivity contribution in [2.24, 2.45) is 0 Å². The minimum atomic E-state index is -0.435. The summed E-state index contributed by atoms with van der Waals surface area (Å²) in [6.45, 7) is 1.69. The molecule has 0 saturated carbocycles. The molecule has 11 heteroatoms. The number of benzene rings is 1. The third-order valence-corrected chi connectivity index (χ3v) is 5.17. The summed E-state index contributed by atoms with van der Waals surface area (Å²) in [4.78, 5) is 23.9. The molecule has 0 aliphatic heterocycles. The molecule has 1 aromatic carbocycles. The fraction of sp³-hybridized carbons (Fsp3) is 0.133. The largest absolute Gasteiger partial charge is 0.361 e. The molecule has 2 amide bonds. The molecule has 0 atom stereocenters. The number of halogens is 1. The van der Waals surface area contributed by atoms with Gasteiger partial charge in [-0.25, -0.2) is 0 Å². The molecule has 0 radical (unpaired) electrons. The van der Waals surface area contributed by atoms with E-state index in [1.54, 1.807) is 31.2 Å². The molecule has 2 N–H and O–H groups in total. The first-order chi connectivity index (χ1) is 12.5. The lowest BCUT2D eigenvalue weighted by Crippen LogP contribution is -2.13. The van der Waals surface area contributed by atoms with E-state index in [9.17, 15) is 9.59 Å². The maximum absolute atomic E-state index is 12.0. The second-order valence-corrected chi connectivity index (χ2v) is 7.63. The first-order valence-corrected chi connectivity index (χ1v) is 9.44. The van der Waals surface area contributed by atoms with E-state index in [-0.39, 0.29) is 17.4 Å². The van der Waals surface area contributed by atoms with Crippen molar-refractivity contribution in [3.63, 3.8) is 0 Å². The Kier molecular flexibility index (Phi) is 5.86. The molecule has 3 aromatic rings. The second-order valence-electron chi connectivity index (χ2n) is 4.99. The summed E-state index contributed by atoms with van der Waals surface area (Å²) in [5.41, 5.74) is 0.822. The normalized spacial score (nSPS) is 10.5. The number of amides is 2. The number of hydrogen-bond acceptors (Lipinski definition) is 8. The van der Waals surface area contributed by atoms with Crippen LogP contribution in [0.3, 0.4) is 0 Å². The van der Waals surface area contributed by atoms with Gasteiger partial charge in [-0.2, -0.15) is 0 Å². The predicted octanol–water partition coefficient (Wildman–Crippen LogP) is 3.47. The highest BCUT2D eigenvalue weighted by molar-refractivity contribution is 8.01. The zero-order valence-corrected chi connectivity index (χ0v) is 15.7. The monoisotopic (exact) mass is 409 g/mol. The topological polar surface area (TPSA) is 110 Å². The van der Waals surface area contributed by atoms with Crippen LogP contribution in [0.25, 0.3) is 0 Å². The summed E-state index contributed by atoms with van der Waals surface area (Å²) < 4.78 is 5.41. The van der Waals surface area contributed by atoms with E-state index in [0.29, 0.717) is 25.9 Å². The lowest BCUT2D eigenvalue weighted by molar-refractivity contribution is -0.113. The number of nitrogens with one attached hydrogen (secondary N) is 2. The molecular formula is C15H12ClN5O3S2. The van der Waals surface area contributed by atoms with E-state index in [1.165, 1.54) is 29.2 Å². The Labute approximate surface area is 161 Å². The fourth-order valence-electron chi connectivity index (χ4n) is 1.81. The number of carbonyl (C=O) groups is 2. The standard InChI is InChI=1S/C15H12ClN5O3S2/c1-8-6-11(21-24-8)13(23)18-14-19-20-15(26-14)25-7-12(22)17-10-4-2-9(16)3-5-10/h2-6H,7H2,1H3,(H,17,22)(H,18,19,23). The average Bonchev–Trinajstić information content (AvgIpc) is 3.24. The van der Waals surface area contributed by atoms with Gasteiger partial charge in [-0.1, -0.05) is 39.9 Å². The lowest BCUT2D eigenvalue weighted by atomic mass is 10.3. The third kappa shape index (κ3) is 5.04. The number of aryl methyl sites for hydroxylation is 1. The van der Waals surface area contributed by atoms with Crippen LogP contribution in [-0.4, -0.2) is 32.9 Å². The van der Waals surface area contributed by atoms with Crippen molar-refractivity contribution in [1.82, 2.24) is 15.4 Å². The van der Waals surface area contributed by atoms with E-state index in [0.717, 1.165) is 0 Å². The van der Waals surface area contributed by atoms with E-state index in [4.69, 9.17) is 16.1 Å². The molecular weight excluding hydrogens is 398 g/mol. The van der Waals surface area contributed by atoms with E-state index in [1.807, 2.05) is 0 Å². The molecule has 3 rings (SSSR count). The van der Waals surface area contributed by atoms with Crippen LogP contribution in [0.1, 0.15) is 16.2 Å². The van der Waals surface area contributed by atoms with Crippen molar-refractivity contribution >= 4 is 57.3 Å². The van der Waals surface area contributed by atoms with Crippen LogP contribution in [0.15, 0.2) is 39.2 Å². The smallest absolute Gasteiger partial charge is 0.279 e. The van der Waals surface area contributed by atoms with Gasteiger partial charge in [-0.05, 0) is 31.2 Å². The van der Waals surface area contributed by atoms with E-state index < -0.39 is 5.91 Å². The van der Waals surface area contributed by atoms with Crippen LogP contribution in [-0.2, 0) is 4.79 Å². The van der Waals surface area contributed by atoms with Crippen LogP contribution >= 0.6 is 34.7 Å². The zero-order chi connectivity index (χ0) is 18.5. The highest BCUT2D eigenvalue weighted by atomic mass is 35.5. The van der Waals surface area contributed by atoms with Gasteiger partial charge in [0.25, 0.3) is 5.91 Å². The van der Waals surface area contributed by atoms with Gasteiger partial charge in [0.1, 0.15) is 5.76 Å². The molecule has 0 unspecified atom stereocenters. The Balaban J connectivity index is 1.49. The van der Waals surface area contributed by atoms with Gasteiger partial charge in [-0.15, -0.1) is 10.2 Å². The van der Waals surface area contributed by atoms with Crippen LogP contribution in [0.4, 0.5) is 10.8 Å². The molecule has 0 bridgehead atoms. The highest BCUT2D eigenvalue weighted by Gasteiger charge is 2.14. The van der Waals surface area contributed by atoms with Gasteiger partial charge < -0.3 is 9.84 Å². The Hall–Kier alpha value is -2.43. The van der Waals surface area contributed by atoms with E-state index >= 15 is 0 Å². The Morgan fingerprint density at radius 2 is 2.00 bits per heavy atom. The van der Waals surface area contributed by atoms with Gasteiger partial charge in [0.15, 0.2) is 10.0 Å². The maximum Gasteiger partial charge on any atom is 0.279 e. The number of anilines is 2. The predicted molar refractivity (Wildman–Crippen MR) is 99.9 cm³/mol. The summed E-state index contributed by atoms with van der Waals surface area (Å²) in [5.74, 6) is 0.0785.